The third-order valence-corrected chi connectivity index (χ3v) is 4.79. The number of carboxylic acids is 1. The average molecular weight is 360 g/mol. The van der Waals surface area contributed by atoms with Crippen LogP contribution in [0.2, 0.25) is 0 Å². The first kappa shape index (κ1) is 19.9. The largest absolute Gasteiger partial charge is 0.481 e. The maximum absolute atomic E-state index is 12.7. The van der Waals surface area contributed by atoms with Gasteiger partial charge in [-0.2, -0.15) is 0 Å². The number of amides is 2. The fraction of sp³-hybridized carbons (Fsp3) is 0.550. The lowest BCUT2D eigenvalue weighted by Crippen LogP contribution is -2.45. The van der Waals surface area contributed by atoms with Gasteiger partial charge in [0.15, 0.2) is 0 Å². The van der Waals surface area contributed by atoms with Crippen molar-refractivity contribution in [3.05, 3.63) is 35.4 Å². The van der Waals surface area contributed by atoms with Gasteiger partial charge in [-0.05, 0) is 30.0 Å². The molecule has 2 amide bonds. The van der Waals surface area contributed by atoms with Crippen LogP contribution >= 0.6 is 0 Å². The van der Waals surface area contributed by atoms with Crippen LogP contribution in [0.25, 0.3) is 0 Å². The fourth-order valence-electron chi connectivity index (χ4n) is 3.42. The first-order valence-electron chi connectivity index (χ1n) is 9.05. The van der Waals surface area contributed by atoms with E-state index in [0.29, 0.717) is 25.1 Å². The molecule has 0 aliphatic carbocycles. The van der Waals surface area contributed by atoms with Crippen LogP contribution in [0.3, 0.4) is 0 Å². The van der Waals surface area contributed by atoms with E-state index in [1.807, 2.05) is 32.9 Å². The summed E-state index contributed by atoms with van der Waals surface area (Å²) in [7, 11) is 1.77. The van der Waals surface area contributed by atoms with Crippen molar-refractivity contribution in [1.29, 1.82) is 0 Å². The average Bonchev–Trinajstić information content (AvgIpc) is 2.60. The molecule has 0 radical (unpaired) electrons. The molecule has 1 fully saturated rings. The van der Waals surface area contributed by atoms with Gasteiger partial charge < -0.3 is 14.9 Å². The molecule has 6 nitrogen and oxygen atoms in total. The van der Waals surface area contributed by atoms with Crippen molar-refractivity contribution >= 4 is 17.8 Å². The standard InChI is InChI=1S/C20H28N2O4/c1-13(2)18(23)21(4)11-15-5-7-16(8-6-15)19(24)22-10-14(3)9-17(12-22)20(25)26/h5-8,13-14,17H,9-12H2,1-4H3,(H,25,26). The number of piperidine rings is 1. The topological polar surface area (TPSA) is 77.9 Å². The Morgan fingerprint density at radius 3 is 2.35 bits per heavy atom. The minimum Gasteiger partial charge on any atom is -0.481 e. The summed E-state index contributed by atoms with van der Waals surface area (Å²) in [4.78, 5) is 39.3. The molecule has 6 heteroatoms. The van der Waals surface area contributed by atoms with Crippen LogP contribution in [-0.2, 0) is 16.1 Å². The maximum Gasteiger partial charge on any atom is 0.308 e. The number of hydrogen-bond donors (Lipinski definition) is 1. The molecule has 0 aromatic heterocycles. The van der Waals surface area contributed by atoms with E-state index >= 15 is 0 Å². The van der Waals surface area contributed by atoms with Crippen LogP contribution in [0.1, 0.15) is 43.1 Å². The molecule has 1 N–H and O–H groups in total. The summed E-state index contributed by atoms with van der Waals surface area (Å²) in [6, 6.07) is 7.19. The number of aliphatic carboxylic acids is 1. The van der Waals surface area contributed by atoms with Crippen LogP contribution in [0, 0.1) is 17.8 Å². The van der Waals surface area contributed by atoms with Crippen LogP contribution in [0.5, 0.6) is 0 Å². The fourth-order valence-corrected chi connectivity index (χ4v) is 3.42. The second-order valence-corrected chi connectivity index (χ2v) is 7.63. The predicted molar refractivity (Wildman–Crippen MR) is 98.6 cm³/mol. The van der Waals surface area contributed by atoms with Crippen molar-refractivity contribution in [2.24, 2.45) is 17.8 Å². The molecule has 1 aromatic carbocycles. The molecule has 0 spiro atoms. The summed E-state index contributed by atoms with van der Waals surface area (Å²) in [5, 5.41) is 9.26. The van der Waals surface area contributed by atoms with Gasteiger partial charge in [0.1, 0.15) is 0 Å². The highest BCUT2D eigenvalue weighted by atomic mass is 16.4. The van der Waals surface area contributed by atoms with Gasteiger partial charge in [-0.3, -0.25) is 14.4 Å². The van der Waals surface area contributed by atoms with E-state index < -0.39 is 11.9 Å². The number of carbonyl (C=O) groups excluding carboxylic acids is 2. The molecular formula is C20H28N2O4. The molecule has 1 aliphatic heterocycles. The second-order valence-electron chi connectivity index (χ2n) is 7.63. The zero-order chi connectivity index (χ0) is 19.4. The number of hydrogen-bond acceptors (Lipinski definition) is 3. The Hall–Kier alpha value is -2.37. The number of nitrogens with zero attached hydrogens (tertiary/aromatic N) is 2. The summed E-state index contributed by atoms with van der Waals surface area (Å²) < 4.78 is 0. The van der Waals surface area contributed by atoms with Crippen molar-refractivity contribution in [3.8, 4) is 0 Å². The highest BCUT2D eigenvalue weighted by molar-refractivity contribution is 5.94. The minimum absolute atomic E-state index is 0.0517. The quantitative estimate of drug-likeness (QED) is 0.875. The third-order valence-electron chi connectivity index (χ3n) is 4.79. The summed E-state index contributed by atoms with van der Waals surface area (Å²) in [6.07, 6.45) is 0.605. The Kier molecular flexibility index (Phi) is 6.40. The first-order chi connectivity index (χ1) is 12.2. The molecule has 1 saturated heterocycles. The highest BCUT2D eigenvalue weighted by Crippen LogP contribution is 2.23. The lowest BCUT2D eigenvalue weighted by Gasteiger charge is -2.34. The van der Waals surface area contributed by atoms with Gasteiger partial charge in [-0.25, -0.2) is 0 Å². The van der Waals surface area contributed by atoms with Gasteiger partial charge in [-0.1, -0.05) is 32.9 Å². The van der Waals surface area contributed by atoms with Gasteiger partial charge in [0.05, 0.1) is 5.92 Å². The molecule has 2 atom stereocenters. The van der Waals surface area contributed by atoms with E-state index in [1.54, 1.807) is 29.0 Å². The zero-order valence-corrected chi connectivity index (χ0v) is 15.9. The second kappa shape index (κ2) is 8.34. The van der Waals surface area contributed by atoms with Crippen molar-refractivity contribution < 1.29 is 19.5 Å². The van der Waals surface area contributed by atoms with E-state index in [9.17, 15) is 19.5 Å². The number of rotatable bonds is 5. The van der Waals surface area contributed by atoms with E-state index in [0.717, 1.165) is 5.56 Å². The lowest BCUT2D eigenvalue weighted by atomic mass is 9.90. The Balaban J connectivity index is 2.04. The summed E-state index contributed by atoms with van der Waals surface area (Å²) in [5.41, 5.74) is 1.50. The van der Waals surface area contributed by atoms with E-state index in [4.69, 9.17) is 0 Å². The monoisotopic (exact) mass is 360 g/mol. The van der Waals surface area contributed by atoms with Crippen molar-refractivity contribution in [1.82, 2.24) is 9.80 Å². The predicted octanol–water partition coefficient (Wildman–Crippen LogP) is 2.48. The number of carboxylic acid groups (broad SMARTS) is 1. The zero-order valence-electron chi connectivity index (χ0n) is 15.9. The molecule has 2 unspecified atom stereocenters. The van der Waals surface area contributed by atoms with Crippen LogP contribution in [-0.4, -0.2) is 52.8 Å². The van der Waals surface area contributed by atoms with Crippen LogP contribution < -0.4 is 0 Å². The number of likely N-dealkylation sites (tertiary alicyclic amines) is 1. The normalized spacial score (nSPS) is 20.1. The number of benzene rings is 1. The first-order valence-corrected chi connectivity index (χ1v) is 9.05. The molecule has 0 saturated carbocycles. The van der Waals surface area contributed by atoms with E-state index in [1.165, 1.54) is 0 Å². The molecule has 1 heterocycles. The van der Waals surface area contributed by atoms with E-state index in [2.05, 4.69) is 0 Å². The smallest absolute Gasteiger partial charge is 0.308 e. The van der Waals surface area contributed by atoms with Gasteiger partial charge >= 0.3 is 5.97 Å². The number of carbonyl (C=O) groups is 3. The van der Waals surface area contributed by atoms with Gasteiger partial charge in [0.25, 0.3) is 5.91 Å². The Morgan fingerprint density at radius 2 is 1.81 bits per heavy atom. The van der Waals surface area contributed by atoms with Crippen LogP contribution in [0.15, 0.2) is 24.3 Å². The molecule has 26 heavy (non-hydrogen) atoms. The Morgan fingerprint density at radius 1 is 1.19 bits per heavy atom. The van der Waals surface area contributed by atoms with Gasteiger partial charge in [-0.15, -0.1) is 0 Å². The highest BCUT2D eigenvalue weighted by Gasteiger charge is 2.32. The lowest BCUT2D eigenvalue weighted by molar-refractivity contribution is -0.143. The van der Waals surface area contributed by atoms with Crippen molar-refractivity contribution in [3.63, 3.8) is 0 Å². The molecular weight excluding hydrogens is 332 g/mol. The SMILES string of the molecule is CC1CC(C(=O)O)CN(C(=O)c2ccc(CN(C)C(=O)C(C)C)cc2)C1. The van der Waals surface area contributed by atoms with Gasteiger partial charge in [0.2, 0.25) is 5.91 Å². The summed E-state index contributed by atoms with van der Waals surface area (Å²) in [5.74, 6) is -1.29. The summed E-state index contributed by atoms with van der Waals surface area (Å²) in [6.45, 7) is 7.03. The Labute approximate surface area is 154 Å². The molecule has 142 valence electrons. The molecule has 1 aliphatic rings. The van der Waals surface area contributed by atoms with Crippen molar-refractivity contribution in [2.45, 2.75) is 33.7 Å². The van der Waals surface area contributed by atoms with E-state index in [-0.39, 0.29) is 30.2 Å². The molecule has 2 rings (SSSR count). The minimum atomic E-state index is -0.845. The molecule has 1 aromatic rings. The maximum atomic E-state index is 12.7. The molecule has 0 bridgehead atoms. The van der Waals surface area contributed by atoms with Crippen molar-refractivity contribution in [2.75, 3.05) is 20.1 Å². The van der Waals surface area contributed by atoms with Gasteiger partial charge in [0, 0.05) is 38.2 Å². The Bertz CT molecular complexity index is 669. The van der Waals surface area contributed by atoms with Crippen LogP contribution in [0.4, 0.5) is 0 Å². The third kappa shape index (κ3) is 4.84. The summed E-state index contributed by atoms with van der Waals surface area (Å²) >= 11 is 0.